The number of ether oxygens (including phenoxy) is 1. The Morgan fingerprint density at radius 1 is 1.39 bits per heavy atom. The minimum Gasteiger partial charge on any atom is -0.462 e. The van der Waals surface area contributed by atoms with Gasteiger partial charge in [0, 0.05) is 6.42 Å². The van der Waals surface area contributed by atoms with Gasteiger partial charge in [0.1, 0.15) is 4.88 Å². The van der Waals surface area contributed by atoms with Gasteiger partial charge in [0.15, 0.2) is 3.92 Å². The normalized spacial score (nSPS) is 10.3. The Kier molecular flexibility index (Phi) is 4.49. The summed E-state index contributed by atoms with van der Waals surface area (Å²) in [7, 11) is 0. The molecular weight excluding hydrogens is 314 g/mol. The second kappa shape index (κ2) is 6.11. The Labute approximate surface area is 118 Å². The van der Waals surface area contributed by atoms with Crippen molar-refractivity contribution in [1.82, 2.24) is 4.98 Å². The molecule has 0 amide bonds. The summed E-state index contributed by atoms with van der Waals surface area (Å²) >= 11 is 4.63. The van der Waals surface area contributed by atoms with Crippen molar-refractivity contribution >= 4 is 33.2 Å². The Morgan fingerprint density at radius 3 is 2.78 bits per heavy atom. The van der Waals surface area contributed by atoms with Crippen molar-refractivity contribution in [3.8, 4) is 0 Å². The second-order valence-corrected chi connectivity index (χ2v) is 5.90. The molecule has 18 heavy (non-hydrogen) atoms. The molecule has 1 aromatic heterocycles. The lowest BCUT2D eigenvalue weighted by Crippen LogP contribution is -2.06. The van der Waals surface area contributed by atoms with E-state index in [0.717, 1.165) is 11.3 Å². The summed E-state index contributed by atoms with van der Waals surface area (Å²) in [6.45, 7) is 2.17. The molecule has 2 rings (SSSR count). The molecule has 2 aromatic rings. The minimum atomic E-state index is -0.299. The first-order valence-corrected chi connectivity index (χ1v) is 7.18. The topological polar surface area (TPSA) is 39.2 Å². The smallest absolute Gasteiger partial charge is 0.350 e. The minimum absolute atomic E-state index is 0.299. The molecule has 0 unspecified atom stereocenters. The van der Waals surface area contributed by atoms with Crippen LogP contribution in [0.5, 0.6) is 0 Å². The van der Waals surface area contributed by atoms with Crippen LogP contribution in [0.1, 0.15) is 27.9 Å². The first-order chi connectivity index (χ1) is 8.70. The highest BCUT2D eigenvalue weighted by Gasteiger charge is 2.18. The van der Waals surface area contributed by atoms with Gasteiger partial charge in [0.05, 0.1) is 12.3 Å². The van der Waals surface area contributed by atoms with Gasteiger partial charge in [-0.15, -0.1) is 0 Å². The highest BCUT2D eigenvalue weighted by Crippen LogP contribution is 2.26. The van der Waals surface area contributed by atoms with Crippen LogP contribution in [0.4, 0.5) is 0 Å². The summed E-state index contributed by atoms with van der Waals surface area (Å²) in [5.74, 6) is -0.299. The van der Waals surface area contributed by atoms with Crippen molar-refractivity contribution in [2.45, 2.75) is 13.3 Å². The zero-order chi connectivity index (χ0) is 13.0. The fourth-order valence-electron chi connectivity index (χ4n) is 1.59. The van der Waals surface area contributed by atoms with E-state index < -0.39 is 0 Å². The molecule has 0 saturated heterocycles. The highest BCUT2D eigenvalue weighted by molar-refractivity contribution is 9.11. The van der Waals surface area contributed by atoms with E-state index in [4.69, 9.17) is 4.74 Å². The SMILES string of the molecule is CCOC(=O)c1sc(Br)nc1Cc1ccccc1. The van der Waals surface area contributed by atoms with E-state index in [0.29, 0.717) is 21.8 Å². The number of hydrogen-bond donors (Lipinski definition) is 0. The van der Waals surface area contributed by atoms with Crippen LogP contribution in [0.2, 0.25) is 0 Å². The van der Waals surface area contributed by atoms with Crippen molar-refractivity contribution in [2.75, 3.05) is 6.61 Å². The first kappa shape index (κ1) is 13.2. The van der Waals surface area contributed by atoms with E-state index in [1.807, 2.05) is 30.3 Å². The third-order valence-electron chi connectivity index (χ3n) is 2.35. The Morgan fingerprint density at radius 2 is 2.11 bits per heavy atom. The van der Waals surface area contributed by atoms with Crippen LogP contribution >= 0.6 is 27.3 Å². The van der Waals surface area contributed by atoms with Crippen LogP contribution < -0.4 is 0 Å². The van der Waals surface area contributed by atoms with Gasteiger partial charge in [-0.1, -0.05) is 41.7 Å². The second-order valence-electron chi connectivity index (χ2n) is 3.63. The summed E-state index contributed by atoms with van der Waals surface area (Å²) < 4.78 is 5.74. The van der Waals surface area contributed by atoms with Gasteiger partial charge in [0.25, 0.3) is 0 Å². The van der Waals surface area contributed by atoms with Crippen LogP contribution in [0.15, 0.2) is 34.2 Å². The number of benzene rings is 1. The fourth-order valence-corrected chi connectivity index (χ4v) is 2.99. The molecular formula is C13H12BrNO2S. The number of aromatic nitrogens is 1. The zero-order valence-corrected chi connectivity index (χ0v) is 12.3. The van der Waals surface area contributed by atoms with Gasteiger partial charge < -0.3 is 4.74 Å². The molecule has 0 fully saturated rings. The largest absolute Gasteiger partial charge is 0.462 e. The monoisotopic (exact) mass is 325 g/mol. The molecule has 0 spiro atoms. The Hall–Kier alpha value is -1.20. The molecule has 0 atom stereocenters. The van der Waals surface area contributed by atoms with Crippen molar-refractivity contribution in [1.29, 1.82) is 0 Å². The number of rotatable bonds is 4. The van der Waals surface area contributed by atoms with Crippen LogP contribution in [0, 0.1) is 0 Å². The third-order valence-corrected chi connectivity index (χ3v) is 3.88. The molecule has 0 saturated carbocycles. The summed E-state index contributed by atoms with van der Waals surface area (Å²) in [5.41, 5.74) is 1.89. The van der Waals surface area contributed by atoms with Crippen LogP contribution in [0.3, 0.4) is 0 Å². The van der Waals surface area contributed by atoms with Gasteiger partial charge >= 0.3 is 5.97 Å². The average Bonchev–Trinajstić information content (AvgIpc) is 2.72. The third kappa shape index (κ3) is 3.17. The van der Waals surface area contributed by atoms with Gasteiger partial charge in [0.2, 0.25) is 0 Å². The molecule has 0 N–H and O–H groups in total. The number of nitrogens with zero attached hydrogens (tertiary/aromatic N) is 1. The van der Waals surface area contributed by atoms with E-state index in [-0.39, 0.29) is 5.97 Å². The van der Waals surface area contributed by atoms with Crippen molar-refractivity contribution in [2.24, 2.45) is 0 Å². The van der Waals surface area contributed by atoms with E-state index in [9.17, 15) is 4.79 Å². The molecule has 3 nitrogen and oxygen atoms in total. The molecule has 1 heterocycles. The Balaban J connectivity index is 2.25. The number of halogens is 1. The Bertz CT molecular complexity index is 539. The molecule has 0 aliphatic heterocycles. The van der Waals surface area contributed by atoms with E-state index >= 15 is 0 Å². The summed E-state index contributed by atoms with van der Waals surface area (Å²) in [4.78, 5) is 16.7. The molecule has 0 aliphatic carbocycles. The summed E-state index contributed by atoms with van der Waals surface area (Å²) in [6.07, 6.45) is 0.636. The van der Waals surface area contributed by atoms with Gasteiger partial charge in [-0.3, -0.25) is 0 Å². The van der Waals surface area contributed by atoms with E-state index in [2.05, 4.69) is 20.9 Å². The van der Waals surface area contributed by atoms with Crippen molar-refractivity contribution < 1.29 is 9.53 Å². The number of esters is 1. The molecule has 5 heteroatoms. The first-order valence-electron chi connectivity index (χ1n) is 5.57. The maximum absolute atomic E-state index is 11.8. The van der Waals surface area contributed by atoms with Gasteiger partial charge in [-0.25, -0.2) is 9.78 Å². The van der Waals surface area contributed by atoms with E-state index in [1.165, 1.54) is 11.3 Å². The predicted molar refractivity (Wildman–Crippen MR) is 75.0 cm³/mol. The lowest BCUT2D eigenvalue weighted by atomic mass is 10.1. The predicted octanol–water partition coefficient (Wildman–Crippen LogP) is 3.67. The fraction of sp³-hybridized carbons (Fsp3) is 0.231. The van der Waals surface area contributed by atoms with Gasteiger partial charge in [-0.05, 0) is 28.4 Å². The van der Waals surface area contributed by atoms with Crippen molar-refractivity contribution in [3.05, 3.63) is 50.4 Å². The maximum atomic E-state index is 11.8. The lowest BCUT2D eigenvalue weighted by Gasteiger charge is -2.02. The van der Waals surface area contributed by atoms with Crippen LogP contribution in [-0.2, 0) is 11.2 Å². The highest BCUT2D eigenvalue weighted by atomic mass is 79.9. The van der Waals surface area contributed by atoms with E-state index in [1.54, 1.807) is 6.92 Å². The van der Waals surface area contributed by atoms with Gasteiger partial charge in [-0.2, -0.15) is 0 Å². The number of thiazole rings is 1. The van der Waals surface area contributed by atoms with Crippen LogP contribution in [0.25, 0.3) is 0 Å². The lowest BCUT2D eigenvalue weighted by molar-refractivity contribution is 0.0530. The molecule has 0 bridgehead atoms. The quantitative estimate of drug-likeness (QED) is 0.805. The average molecular weight is 326 g/mol. The zero-order valence-electron chi connectivity index (χ0n) is 9.85. The van der Waals surface area contributed by atoms with Crippen molar-refractivity contribution in [3.63, 3.8) is 0 Å². The number of carbonyl (C=O) groups excluding carboxylic acids is 1. The standard InChI is InChI=1S/C13H12BrNO2S/c1-2-17-12(16)11-10(15-13(14)18-11)8-9-6-4-3-5-7-9/h3-7H,2,8H2,1H3. The number of hydrogen-bond acceptors (Lipinski definition) is 4. The summed E-state index contributed by atoms with van der Waals surface area (Å²) in [6, 6.07) is 9.94. The molecule has 0 radical (unpaired) electrons. The molecule has 1 aromatic carbocycles. The number of carbonyl (C=O) groups is 1. The summed E-state index contributed by atoms with van der Waals surface area (Å²) in [5, 5.41) is 0. The molecule has 94 valence electrons. The molecule has 0 aliphatic rings. The maximum Gasteiger partial charge on any atom is 0.350 e. The van der Waals surface area contributed by atoms with Crippen LogP contribution in [-0.4, -0.2) is 17.6 Å².